The largest absolute Gasteiger partial charge is 0.359 e. The van der Waals surface area contributed by atoms with Crippen LogP contribution in [0, 0.1) is 0 Å². The van der Waals surface area contributed by atoms with Crippen LogP contribution >= 0.6 is 12.2 Å². The summed E-state index contributed by atoms with van der Waals surface area (Å²) in [5.41, 5.74) is 6.63. The number of hydrogen-bond donors (Lipinski definition) is 2. The van der Waals surface area contributed by atoms with E-state index in [2.05, 4.69) is 40.1 Å². The van der Waals surface area contributed by atoms with E-state index in [0.717, 1.165) is 17.2 Å². The van der Waals surface area contributed by atoms with E-state index in [-0.39, 0.29) is 0 Å². The van der Waals surface area contributed by atoms with Gasteiger partial charge in [0.2, 0.25) is 0 Å². The Morgan fingerprint density at radius 3 is 2.16 bits per heavy atom. The molecule has 3 nitrogen and oxygen atoms in total. The second-order valence-electron chi connectivity index (χ2n) is 7.57. The molecule has 1 aromatic carbocycles. The molecule has 0 unspecified atom stereocenters. The van der Waals surface area contributed by atoms with Crippen LogP contribution in [0.2, 0.25) is 0 Å². The maximum absolute atomic E-state index is 5.38. The lowest BCUT2D eigenvalue weighted by Gasteiger charge is -2.23. The molecule has 0 saturated heterocycles. The molecule has 0 amide bonds. The van der Waals surface area contributed by atoms with Crippen molar-refractivity contribution in [3.8, 4) is 0 Å². The molecule has 0 bridgehead atoms. The van der Waals surface area contributed by atoms with E-state index in [9.17, 15) is 0 Å². The molecule has 0 aliphatic heterocycles. The summed E-state index contributed by atoms with van der Waals surface area (Å²) in [6, 6.07) is 9.47. The van der Waals surface area contributed by atoms with Crippen LogP contribution in [0.4, 0.5) is 0 Å². The molecule has 2 aliphatic carbocycles. The molecule has 0 aromatic heterocycles. The minimum atomic E-state index is 0.513. The van der Waals surface area contributed by atoms with Gasteiger partial charge in [-0.05, 0) is 61.9 Å². The fourth-order valence-electron chi connectivity index (χ4n) is 4.10. The second-order valence-corrected chi connectivity index (χ2v) is 7.98. The highest BCUT2D eigenvalue weighted by atomic mass is 32.1. The van der Waals surface area contributed by atoms with Crippen molar-refractivity contribution >= 4 is 23.0 Å². The van der Waals surface area contributed by atoms with Crippen LogP contribution in [0.3, 0.4) is 0 Å². The van der Waals surface area contributed by atoms with E-state index in [0.29, 0.717) is 11.2 Å². The molecule has 2 aliphatic rings. The minimum Gasteiger partial charge on any atom is -0.359 e. The normalized spacial score (nSPS) is 20.3. The zero-order chi connectivity index (χ0) is 17.5. The smallest absolute Gasteiger partial charge is 0.187 e. The third-order valence-electron chi connectivity index (χ3n) is 5.67. The minimum absolute atomic E-state index is 0.513. The summed E-state index contributed by atoms with van der Waals surface area (Å²) in [5, 5.41) is 8.50. The van der Waals surface area contributed by atoms with Crippen LogP contribution in [0.5, 0.6) is 0 Å². The zero-order valence-electron chi connectivity index (χ0n) is 15.4. The number of hydrogen-bond acceptors (Lipinski definition) is 2. The first-order valence-corrected chi connectivity index (χ1v) is 10.3. The highest BCUT2D eigenvalue weighted by Crippen LogP contribution is 2.32. The average molecular weight is 358 g/mol. The van der Waals surface area contributed by atoms with E-state index in [1.54, 1.807) is 0 Å². The number of benzene rings is 1. The van der Waals surface area contributed by atoms with Crippen LogP contribution in [0.15, 0.2) is 29.4 Å². The number of nitrogens with one attached hydrogen (secondary N) is 2. The Labute approximate surface area is 157 Å². The van der Waals surface area contributed by atoms with Crippen molar-refractivity contribution < 1.29 is 0 Å². The maximum atomic E-state index is 5.38. The SMILES string of the molecule is CC(=NNC(=S)NC1CCCCC1)c1ccc(C2CCCCC2)cc1. The summed E-state index contributed by atoms with van der Waals surface area (Å²) in [7, 11) is 0. The first-order chi connectivity index (χ1) is 12.2. The Kier molecular flexibility index (Phi) is 6.85. The average Bonchev–Trinajstić information content (AvgIpc) is 2.68. The van der Waals surface area contributed by atoms with Gasteiger partial charge >= 0.3 is 0 Å². The third-order valence-corrected chi connectivity index (χ3v) is 5.88. The Balaban J connectivity index is 1.51. The van der Waals surface area contributed by atoms with Gasteiger partial charge in [0.05, 0.1) is 5.71 Å². The summed E-state index contributed by atoms with van der Waals surface area (Å²) < 4.78 is 0. The van der Waals surface area contributed by atoms with Gasteiger partial charge in [-0.2, -0.15) is 5.10 Å². The number of hydrazone groups is 1. The Bertz CT molecular complexity index is 582. The number of rotatable bonds is 4. The van der Waals surface area contributed by atoms with Crippen molar-refractivity contribution in [2.45, 2.75) is 83.1 Å². The standard InChI is InChI=1S/C21H31N3S/c1-16(23-24-21(25)22-20-10-6-3-7-11-20)17-12-14-19(15-13-17)18-8-4-2-5-9-18/h12-15,18,20H,2-11H2,1H3,(H2,22,24,25). The quantitative estimate of drug-likeness (QED) is 0.439. The van der Waals surface area contributed by atoms with Gasteiger partial charge < -0.3 is 5.32 Å². The van der Waals surface area contributed by atoms with Crippen molar-refractivity contribution in [3.05, 3.63) is 35.4 Å². The fourth-order valence-corrected chi connectivity index (χ4v) is 4.31. The molecule has 2 N–H and O–H groups in total. The Morgan fingerprint density at radius 1 is 0.920 bits per heavy atom. The summed E-state index contributed by atoms with van der Waals surface area (Å²) in [4.78, 5) is 0. The highest BCUT2D eigenvalue weighted by molar-refractivity contribution is 7.80. The lowest BCUT2D eigenvalue weighted by Crippen LogP contribution is -2.41. The lowest BCUT2D eigenvalue weighted by molar-refractivity contribution is 0.412. The van der Waals surface area contributed by atoms with Crippen LogP contribution in [0.25, 0.3) is 0 Å². The van der Waals surface area contributed by atoms with E-state index >= 15 is 0 Å². The maximum Gasteiger partial charge on any atom is 0.187 e. The van der Waals surface area contributed by atoms with Crippen molar-refractivity contribution in [1.29, 1.82) is 0 Å². The van der Waals surface area contributed by atoms with Crippen molar-refractivity contribution in [1.82, 2.24) is 10.7 Å². The monoisotopic (exact) mass is 357 g/mol. The van der Waals surface area contributed by atoms with E-state index in [1.807, 2.05) is 6.92 Å². The molecule has 4 heteroatoms. The van der Waals surface area contributed by atoms with Crippen molar-refractivity contribution in [2.24, 2.45) is 5.10 Å². The number of thiocarbonyl (C=S) groups is 1. The first kappa shape index (κ1) is 18.4. The molecule has 0 spiro atoms. The van der Waals surface area contributed by atoms with Gasteiger partial charge in [0.15, 0.2) is 5.11 Å². The summed E-state index contributed by atoms with van der Waals surface area (Å²) in [6.07, 6.45) is 13.2. The van der Waals surface area contributed by atoms with Crippen molar-refractivity contribution in [2.75, 3.05) is 0 Å². The molecule has 0 radical (unpaired) electrons. The molecular formula is C21H31N3S. The highest BCUT2D eigenvalue weighted by Gasteiger charge is 2.15. The molecule has 25 heavy (non-hydrogen) atoms. The van der Waals surface area contributed by atoms with Gasteiger partial charge in [0.25, 0.3) is 0 Å². The second kappa shape index (κ2) is 9.33. The molecule has 1 aromatic rings. The van der Waals surface area contributed by atoms with Gasteiger partial charge in [-0.15, -0.1) is 0 Å². The predicted molar refractivity (Wildman–Crippen MR) is 110 cm³/mol. The van der Waals surface area contributed by atoms with Gasteiger partial charge in [0.1, 0.15) is 0 Å². The van der Waals surface area contributed by atoms with Crippen molar-refractivity contribution in [3.63, 3.8) is 0 Å². The summed E-state index contributed by atoms with van der Waals surface area (Å²) >= 11 is 5.38. The van der Waals surface area contributed by atoms with Crippen LogP contribution in [0.1, 0.15) is 88.2 Å². The first-order valence-electron chi connectivity index (χ1n) is 9.93. The lowest BCUT2D eigenvalue weighted by atomic mass is 9.84. The molecule has 2 saturated carbocycles. The van der Waals surface area contributed by atoms with Crippen LogP contribution in [-0.2, 0) is 0 Å². The number of nitrogens with zero attached hydrogens (tertiary/aromatic N) is 1. The van der Waals surface area contributed by atoms with E-state index < -0.39 is 0 Å². The van der Waals surface area contributed by atoms with Crippen LogP contribution in [-0.4, -0.2) is 16.9 Å². The Hall–Kier alpha value is -1.42. The Morgan fingerprint density at radius 2 is 1.52 bits per heavy atom. The topological polar surface area (TPSA) is 36.4 Å². The van der Waals surface area contributed by atoms with Gasteiger partial charge in [-0.1, -0.05) is 62.8 Å². The van der Waals surface area contributed by atoms with E-state index in [1.165, 1.54) is 69.8 Å². The molecule has 0 atom stereocenters. The molecule has 136 valence electrons. The van der Waals surface area contributed by atoms with E-state index in [4.69, 9.17) is 12.2 Å². The fraction of sp³-hybridized carbons (Fsp3) is 0.619. The predicted octanol–water partition coefficient (Wildman–Crippen LogP) is 5.26. The van der Waals surface area contributed by atoms with Crippen LogP contribution < -0.4 is 10.7 Å². The van der Waals surface area contributed by atoms with Gasteiger partial charge in [0, 0.05) is 6.04 Å². The van der Waals surface area contributed by atoms with Gasteiger partial charge in [-0.3, -0.25) is 5.43 Å². The molecule has 3 rings (SSSR count). The summed E-state index contributed by atoms with van der Waals surface area (Å²) in [5.74, 6) is 0.755. The zero-order valence-corrected chi connectivity index (χ0v) is 16.2. The summed E-state index contributed by atoms with van der Waals surface area (Å²) in [6.45, 7) is 2.03. The third kappa shape index (κ3) is 5.53. The molecule has 0 heterocycles. The van der Waals surface area contributed by atoms with Gasteiger partial charge in [-0.25, -0.2) is 0 Å². The molecular weight excluding hydrogens is 326 g/mol. The molecule has 2 fully saturated rings.